The summed E-state index contributed by atoms with van der Waals surface area (Å²) in [6, 6.07) is 23.4. The molecule has 3 aromatic carbocycles. The minimum atomic E-state index is -0.362. The van der Waals surface area contributed by atoms with E-state index in [1.807, 2.05) is 60.7 Å². The molecule has 0 heterocycles. The first-order valence-corrected chi connectivity index (χ1v) is 18.9. The van der Waals surface area contributed by atoms with Gasteiger partial charge in [-0.2, -0.15) is 0 Å². The van der Waals surface area contributed by atoms with Gasteiger partial charge in [0.15, 0.2) is 0 Å². The van der Waals surface area contributed by atoms with Crippen LogP contribution in [0.2, 0.25) is 0 Å². The Morgan fingerprint density at radius 3 is 1.45 bits per heavy atom. The zero-order valence-electron chi connectivity index (χ0n) is 29.8. The molecule has 4 nitrogen and oxygen atoms in total. The summed E-state index contributed by atoms with van der Waals surface area (Å²) >= 11 is 0. The maximum Gasteiger partial charge on any atom is 0.343 e. The molecule has 0 N–H and O–H groups in total. The summed E-state index contributed by atoms with van der Waals surface area (Å²) < 4.78 is 17.7. The Kier molecular flexibility index (Phi) is 19.7. The Bertz CT molecular complexity index is 1200. The molecule has 3 rings (SSSR count). The molecular weight excluding hydrogens is 580 g/mol. The number of carbonyl (C=O) groups is 1. The van der Waals surface area contributed by atoms with Crippen molar-refractivity contribution in [2.24, 2.45) is 0 Å². The van der Waals surface area contributed by atoms with Crippen molar-refractivity contribution >= 4 is 5.97 Å². The van der Waals surface area contributed by atoms with E-state index in [2.05, 4.69) is 32.9 Å². The summed E-state index contributed by atoms with van der Waals surface area (Å²) in [6.07, 6.45) is 23.6. The van der Waals surface area contributed by atoms with Gasteiger partial charge in [0.05, 0.1) is 18.3 Å². The van der Waals surface area contributed by atoms with Gasteiger partial charge >= 0.3 is 5.97 Å². The second-order valence-electron chi connectivity index (χ2n) is 13.1. The standard InChI is InChI=1S/C43H62O4/c1-4-6-8-10-12-14-15-17-19-21-35-46-41-30-28-39(29-31-41)38-22-24-40(25-23-38)43(44)47-42-32-26-37(27-33-42)36(3)45-34-20-18-16-13-11-9-7-5-2/h22-33,36H,4-21,34-35H2,1-3H3. The van der Waals surface area contributed by atoms with E-state index in [0.29, 0.717) is 11.3 Å². The highest BCUT2D eigenvalue weighted by Gasteiger charge is 2.11. The number of hydrogen-bond acceptors (Lipinski definition) is 4. The Labute approximate surface area is 286 Å². The number of esters is 1. The molecule has 0 bridgehead atoms. The lowest BCUT2D eigenvalue weighted by atomic mass is 10.0. The second kappa shape index (κ2) is 24.1. The molecule has 1 unspecified atom stereocenters. The summed E-state index contributed by atoms with van der Waals surface area (Å²) in [5, 5.41) is 0. The number of rotatable bonds is 26. The highest BCUT2D eigenvalue weighted by atomic mass is 16.5. The van der Waals surface area contributed by atoms with E-state index in [1.54, 1.807) is 0 Å². The highest BCUT2D eigenvalue weighted by molar-refractivity contribution is 5.91. The van der Waals surface area contributed by atoms with Crippen molar-refractivity contribution in [1.82, 2.24) is 0 Å². The first-order valence-electron chi connectivity index (χ1n) is 18.9. The maximum atomic E-state index is 12.8. The molecule has 1 atom stereocenters. The van der Waals surface area contributed by atoms with Crippen molar-refractivity contribution in [3.63, 3.8) is 0 Å². The van der Waals surface area contributed by atoms with Crippen LogP contribution < -0.4 is 9.47 Å². The zero-order chi connectivity index (χ0) is 33.4. The van der Waals surface area contributed by atoms with Crippen LogP contribution in [0.25, 0.3) is 11.1 Å². The van der Waals surface area contributed by atoms with Gasteiger partial charge in [-0.05, 0) is 72.9 Å². The first kappa shape index (κ1) is 38.3. The average molecular weight is 643 g/mol. The van der Waals surface area contributed by atoms with Crippen molar-refractivity contribution < 1.29 is 19.0 Å². The van der Waals surface area contributed by atoms with E-state index in [1.165, 1.54) is 103 Å². The van der Waals surface area contributed by atoms with Crippen molar-refractivity contribution in [3.05, 3.63) is 83.9 Å². The number of hydrogen-bond donors (Lipinski definition) is 0. The molecule has 0 aliphatic rings. The Balaban J connectivity index is 1.31. The molecule has 0 spiro atoms. The fourth-order valence-corrected chi connectivity index (χ4v) is 5.89. The van der Waals surface area contributed by atoms with Gasteiger partial charge in [0, 0.05) is 6.61 Å². The van der Waals surface area contributed by atoms with E-state index in [9.17, 15) is 4.79 Å². The lowest BCUT2D eigenvalue weighted by Gasteiger charge is -2.14. The molecule has 258 valence electrons. The monoisotopic (exact) mass is 642 g/mol. The fourth-order valence-electron chi connectivity index (χ4n) is 5.89. The molecule has 0 fully saturated rings. The minimum absolute atomic E-state index is 0.0158. The topological polar surface area (TPSA) is 44.8 Å². The van der Waals surface area contributed by atoms with Crippen LogP contribution in [0.4, 0.5) is 0 Å². The van der Waals surface area contributed by atoms with Crippen molar-refractivity contribution in [2.45, 2.75) is 142 Å². The van der Waals surface area contributed by atoms with E-state index in [0.717, 1.165) is 48.5 Å². The van der Waals surface area contributed by atoms with Crippen LogP contribution in [0.1, 0.15) is 158 Å². The van der Waals surface area contributed by atoms with Gasteiger partial charge < -0.3 is 14.2 Å². The van der Waals surface area contributed by atoms with Gasteiger partial charge in [-0.25, -0.2) is 4.79 Å². The fraction of sp³-hybridized carbons (Fsp3) is 0.558. The third-order valence-electron chi connectivity index (χ3n) is 9.00. The van der Waals surface area contributed by atoms with Crippen LogP contribution in [0.5, 0.6) is 11.5 Å². The normalized spacial score (nSPS) is 11.8. The average Bonchev–Trinajstić information content (AvgIpc) is 3.10. The number of benzene rings is 3. The second-order valence-corrected chi connectivity index (χ2v) is 13.1. The van der Waals surface area contributed by atoms with Crippen LogP contribution in [0, 0.1) is 0 Å². The van der Waals surface area contributed by atoms with Gasteiger partial charge in [-0.3, -0.25) is 0 Å². The molecule has 47 heavy (non-hydrogen) atoms. The SMILES string of the molecule is CCCCCCCCCCCCOc1ccc(-c2ccc(C(=O)Oc3ccc(C(C)OCCCCCCCCCC)cc3)cc2)cc1. The summed E-state index contributed by atoms with van der Waals surface area (Å²) in [4.78, 5) is 12.8. The molecule has 0 aromatic heterocycles. The van der Waals surface area contributed by atoms with Gasteiger partial charge in [0.1, 0.15) is 11.5 Å². The molecule has 0 saturated heterocycles. The maximum absolute atomic E-state index is 12.8. The Morgan fingerprint density at radius 1 is 0.511 bits per heavy atom. The van der Waals surface area contributed by atoms with Crippen LogP contribution in [-0.4, -0.2) is 19.2 Å². The predicted molar refractivity (Wildman–Crippen MR) is 198 cm³/mol. The van der Waals surface area contributed by atoms with E-state index < -0.39 is 0 Å². The van der Waals surface area contributed by atoms with Crippen molar-refractivity contribution in [3.8, 4) is 22.6 Å². The molecule has 0 aliphatic carbocycles. The highest BCUT2D eigenvalue weighted by Crippen LogP contribution is 2.25. The molecule has 3 aromatic rings. The van der Waals surface area contributed by atoms with Crippen LogP contribution >= 0.6 is 0 Å². The van der Waals surface area contributed by atoms with Gasteiger partial charge in [-0.1, -0.05) is 153 Å². The van der Waals surface area contributed by atoms with Crippen LogP contribution in [0.3, 0.4) is 0 Å². The summed E-state index contributed by atoms with van der Waals surface area (Å²) in [7, 11) is 0. The number of unbranched alkanes of at least 4 members (excludes halogenated alkanes) is 16. The van der Waals surface area contributed by atoms with E-state index in [-0.39, 0.29) is 12.1 Å². The number of carbonyl (C=O) groups excluding carboxylic acids is 1. The van der Waals surface area contributed by atoms with Crippen molar-refractivity contribution in [1.29, 1.82) is 0 Å². The molecule has 0 amide bonds. The van der Waals surface area contributed by atoms with Gasteiger partial charge in [0.2, 0.25) is 0 Å². The quantitative estimate of drug-likeness (QED) is 0.0496. The lowest BCUT2D eigenvalue weighted by molar-refractivity contribution is 0.0627. The molecule has 0 saturated carbocycles. The number of ether oxygens (including phenoxy) is 3. The van der Waals surface area contributed by atoms with Crippen LogP contribution in [-0.2, 0) is 4.74 Å². The smallest absolute Gasteiger partial charge is 0.343 e. The van der Waals surface area contributed by atoms with Crippen LogP contribution in [0.15, 0.2) is 72.8 Å². The minimum Gasteiger partial charge on any atom is -0.494 e. The third kappa shape index (κ3) is 16.0. The van der Waals surface area contributed by atoms with E-state index in [4.69, 9.17) is 14.2 Å². The van der Waals surface area contributed by atoms with Crippen molar-refractivity contribution in [2.75, 3.05) is 13.2 Å². The summed E-state index contributed by atoms with van der Waals surface area (Å²) in [6.45, 7) is 8.15. The summed E-state index contributed by atoms with van der Waals surface area (Å²) in [5.74, 6) is 1.07. The Morgan fingerprint density at radius 2 is 0.936 bits per heavy atom. The zero-order valence-corrected chi connectivity index (χ0v) is 29.8. The summed E-state index contributed by atoms with van der Waals surface area (Å²) in [5.41, 5.74) is 3.75. The molecule has 0 radical (unpaired) electrons. The largest absolute Gasteiger partial charge is 0.494 e. The van der Waals surface area contributed by atoms with Gasteiger partial charge in [-0.15, -0.1) is 0 Å². The third-order valence-corrected chi connectivity index (χ3v) is 9.00. The lowest BCUT2D eigenvalue weighted by Crippen LogP contribution is -2.08. The Hall–Kier alpha value is -3.11. The molecule has 4 heteroatoms. The molecular formula is C43H62O4. The first-order chi connectivity index (χ1) is 23.1. The van der Waals surface area contributed by atoms with E-state index >= 15 is 0 Å². The molecule has 0 aliphatic heterocycles. The van der Waals surface area contributed by atoms with Gasteiger partial charge in [0.25, 0.3) is 0 Å². The predicted octanol–water partition coefficient (Wildman–Crippen LogP) is 13.1.